The molecule has 8 heteroatoms. The molecule has 1 saturated heterocycles. The number of aryl methyl sites for hydroxylation is 1. The second-order valence-corrected chi connectivity index (χ2v) is 9.78. The Labute approximate surface area is 214 Å². The predicted octanol–water partition coefficient (Wildman–Crippen LogP) is 4.04. The van der Waals surface area contributed by atoms with E-state index >= 15 is 0 Å². The molecule has 1 aromatic heterocycles. The van der Waals surface area contributed by atoms with Crippen molar-refractivity contribution in [1.82, 2.24) is 14.5 Å². The van der Waals surface area contributed by atoms with Gasteiger partial charge in [0.15, 0.2) is 6.61 Å². The highest BCUT2D eigenvalue weighted by atomic mass is 16.5. The average Bonchev–Trinajstić information content (AvgIpc) is 3.26. The van der Waals surface area contributed by atoms with Crippen LogP contribution in [0.1, 0.15) is 40.4 Å². The van der Waals surface area contributed by atoms with Gasteiger partial charge in [-0.05, 0) is 67.3 Å². The summed E-state index contributed by atoms with van der Waals surface area (Å²) in [7, 11) is 0. The molecule has 0 atom stereocenters. The maximum Gasteiger partial charge on any atom is 0.326 e. The van der Waals surface area contributed by atoms with E-state index in [0.717, 1.165) is 40.7 Å². The molecule has 1 N–H and O–H groups in total. The highest BCUT2D eigenvalue weighted by Crippen LogP contribution is 2.34. The monoisotopic (exact) mass is 496 g/mol. The van der Waals surface area contributed by atoms with E-state index in [4.69, 9.17) is 4.74 Å². The van der Waals surface area contributed by atoms with Crippen LogP contribution in [0.4, 0.5) is 5.69 Å². The molecule has 3 aromatic carbocycles. The normalized spacial score (nSPS) is 16.1. The molecule has 0 unspecified atom stereocenters. The molecule has 1 fully saturated rings. The molecule has 0 radical (unpaired) electrons. The van der Waals surface area contributed by atoms with Gasteiger partial charge in [-0.1, -0.05) is 30.3 Å². The van der Waals surface area contributed by atoms with Crippen molar-refractivity contribution in [3.8, 4) is 5.75 Å². The van der Waals surface area contributed by atoms with Crippen molar-refractivity contribution in [3.63, 3.8) is 0 Å². The summed E-state index contributed by atoms with van der Waals surface area (Å²) in [6.45, 7) is 3.61. The zero-order valence-electron chi connectivity index (χ0n) is 20.6. The van der Waals surface area contributed by atoms with Gasteiger partial charge in [-0.15, -0.1) is 0 Å². The number of amides is 2. The van der Waals surface area contributed by atoms with Crippen LogP contribution in [0.3, 0.4) is 0 Å². The van der Waals surface area contributed by atoms with Gasteiger partial charge in [0.25, 0.3) is 11.8 Å². The lowest BCUT2D eigenvalue weighted by Crippen LogP contribution is -2.40. The largest absolute Gasteiger partial charge is 0.482 e. The fourth-order valence-electron chi connectivity index (χ4n) is 5.37. The number of carbonyl (C=O) groups is 2. The van der Waals surface area contributed by atoms with Gasteiger partial charge in [-0.3, -0.25) is 14.2 Å². The van der Waals surface area contributed by atoms with E-state index in [-0.39, 0.29) is 30.2 Å². The van der Waals surface area contributed by atoms with Crippen molar-refractivity contribution >= 4 is 28.5 Å². The van der Waals surface area contributed by atoms with E-state index in [1.807, 2.05) is 83.1 Å². The lowest BCUT2D eigenvalue weighted by molar-refractivity contribution is -0.121. The molecule has 6 rings (SSSR count). The Hall–Kier alpha value is -4.33. The number of carbonyl (C=O) groups excluding carboxylic acids is 2. The van der Waals surface area contributed by atoms with Crippen LogP contribution in [0.15, 0.2) is 71.5 Å². The summed E-state index contributed by atoms with van der Waals surface area (Å²) < 4.78 is 7.41. The number of anilines is 1. The number of H-pyrrole nitrogens is 1. The van der Waals surface area contributed by atoms with Gasteiger partial charge in [0.05, 0.1) is 23.3 Å². The molecule has 2 aliphatic rings. The summed E-state index contributed by atoms with van der Waals surface area (Å²) in [5, 5.41) is 0. The second kappa shape index (κ2) is 9.28. The first-order chi connectivity index (χ1) is 18.0. The number of aromatic nitrogens is 2. The predicted molar refractivity (Wildman–Crippen MR) is 141 cm³/mol. The third-order valence-corrected chi connectivity index (χ3v) is 7.34. The Morgan fingerprint density at radius 3 is 2.54 bits per heavy atom. The number of benzene rings is 3. The molecule has 2 aliphatic heterocycles. The Balaban J connectivity index is 1.12. The molecule has 37 heavy (non-hydrogen) atoms. The first-order valence-corrected chi connectivity index (χ1v) is 12.6. The maximum absolute atomic E-state index is 13.2. The van der Waals surface area contributed by atoms with E-state index in [0.29, 0.717) is 30.9 Å². The number of likely N-dealkylation sites (tertiary alicyclic amines) is 1. The molecule has 8 nitrogen and oxygen atoms in total. The molecule has 0 spiro atoms. The van der Waals surface area contributed by atoms with E-state index in [2.05, 4.69) is 4.98 Å². The number of aromatic amines is 1. The fraction of sp³-hybridized carbons (Fsp3) is 0.276. The third-order valence-electron chi connectivity index (χ3n) is 7.34. The van der Waals surface area contributed by atoms with Crippen molar-refractivity contribution in [2.75, 3.05) is 24.6 Å². The Morgan fingerprint density at radius 2 is 1.76 bits per heavy atom. The second-order valence-electron chi connectivity index (χ2n) is 9.78. The van der Waals surface area contributed by atoms with Crippen LogP contribution < -0.4 is 15.3 Å². The molecule has 0 aliphatic carbocycles. The minimum Gasteiger partial charge on any atom is -0.482 e. The van der Waals surface area contributed by atoms with Gasteiger partial charge in [0, 0.05) is 24.7 Å². The van der Waals surface area contributed by atoms with Gasteiger partial charge >= 0.3 is 5.69 Å². The number of imidazole rings is 1. The van der Waals surface area contributed by atoms with E-state index < -0.39 is 0 Å². The number of ether oxygens (including phenoxy) is 1. The molecule has 0 saturated carbocycles. The molecule has 4 aromatic rings. The molecular formula is C29H28N4O4. The summed E-state index contributed by atoms with van der Waals surface area (Å²) in [5.41, 5.74) is 5.04. The van der Waals surface area contributed by atoms with E-state index in [1.165, 1.54) is 0 Å². The smallest absolute Gasteiger partial charge is 0.326 e. The first kappa shape index (κ1) is 23.1. The van der Waals surface area contributed by atoms with Crippen LogP contribution in [-0.4, -0.2) is 46.0 Å². The number of para-hydroxylation sites is 2. The minimum absolute atomic E-state index is 0.0142. The molecule has 3 heterocycles. The minimum atomic E-state index is -0.0990. The molecule has 0 bridgehead atoms. The number of fused-ring (bicyclic) bond motifs is 2. The van der Waals surface area contributed by atoms with Crippen LogP contribution in [-0.2, 0) is 11.3 Å². The number of piperidine rings is 1. The quantitative estimate of drug-likeness (QED) is 0.462. The van der Waals surface area contributed by atoms with Crippen molar-refractivity contribution in [1.29, 1.82) is 0 Å². The van der Waals surface area contributed by atoms with Crippen molar-refractivity contribution in [3.05, 3.63) is 93.9 Å². The number of nitrogens with one attached hydrogen (secondary N) is 1. The van der Waals surface area contributed by atoms with Crippen molar-refractivity contribution in [2.24, 2.45) is 0 Å². The van der Waals surface area contributed by atoms with Crippen LogP contribution in [0.25, 0.3) is 11.0 Å². The van der Waals surface area contributed by atoms with Crippen LogP contribution in [0, 0.1) is 6.92 Å². The lowest BCUT2D eigenvalue weighted by Gasteiger charge is -2.32. The van der Waals surface area contributed by atoms with Gasteiger partial charge in [0.2, 0.25) is 0 Å². The zero-order chi connectivity index (χ0) is 25.5. The highest BCUT2D eigenvalue weighted by molar-refractivity contribution is 5.98. The number of nitrogens with zero attached hydrogens (tertiary/aromatic N) is 3. The maximum atomic E-state index is 13.2. The van der Waals surface area contributed by atoms with Crippen molar-refractivity contribution < 1.29 is 14.3 Å². The number of hydrogen-bond acceptors (Lipinski definition) is 4. The molecular weight excluding hydrogens is 468 g/mol. The van der Waals surface area contributed by atoms with Gasteiger partial charge in [0.1, 0.15) is 5.75 Å². The molecule has 2 amide bonds. The Bertz CT molecular complexity index is 1540. The van der Waals surface area contributed by atoms with Gasteiger partial charge in [-0.25, -0.2) is 4.79 Å². The average molecular weight is 497 g/mol. The Kier molecular flexibility index (Phi) is 5.79. The molecule has 188 valence electrons. The first-order valence-electron chi connectivity index (χ1n) is 12.6. The fourth-order valence-corrected chi connectivity index (χ4v) is 5.37. The van der Waals surface area contributed by atoms with Crippen LogP contribution in [0.5, 0.6) is 5.75 Å². The summed E-state index contributed by atoms with van der Waals surface area (Å²) in [6, 6.07) is 21.1. The topological polar surface area (TPSA) is 87.6 Å². The zero-order valence-corrected chi connectivity index (χ0v) is 20.6. The summed E-state index contributed by atoms with van der Waals surface area (Å²) in [6.07, 6.45) is 1.45. The van der Waals surface area contributed by atoms with E-state index in [1.54, 1.807) is 4.90 Å². The Morgan fingerprint density at radius 1 is 1.00 bits per heavy atom. The summed E-state index contributed by atoms with van der Waals surface area (Å²) in [4.78, 5) is 44.8. The SMILES string of the molecule is Cc1ccc2c(c1)N(Cc1ccc(C(=O)N3CCC(n4c(=O)[nH]c5ccccc54)CC3)cc1)C(=O)CO2. The number of rotatable bonds is 4. The van der Waals surface area contributed by atoms with Gasteiger partial charge in [-0.2, -0.15) is 0 Å². The summed E-state index contributed by atoms with van der Waals surface area (Å²) in [5.74, 6) is 0.602. The number of hydrogen-bond donors (Lipinski definition) is 1. The standard InChI is InChI=1S/C29H28N4O4/c1-19-6-11-26-25(16-19)32(27(34)18-37-26)17-20-7-9-21(10-8-20)28(35)31-14-12-22(13-15-31)33-24-5-3-2-4-23(24)30-29(33)36/h2-11,16,22H,12-15,17-18H2,1H3,(H,30,36). The lowest BCUT2D eigenvalue weighted by atomic mass is 10.0. The highest BCUT2D eigenvalue weighted by Gasteiger charge is 2.28. The summed E-state index contributed by atoms with van der Waals surface area (Å²) >= 11 is 0. The van der Waals surface area contributed by atoms with E-state index in [9.17, 15) is 14.4 Å². The van der Waals surface area contributed by atoms with Crippen molar-refractivity contribution in [2.45, 2.75) is 32.4 Å². The van der Waals surface area contributed by atoms with Crippen LogP contribution in [0.2, 0.25) is 0 Å². The van der Waals surface area contributed by atoms with Gasteiger partial charge < -0.3 is 19.5 Å². The van der Waals surface area contributed by atoms with Crippen LogP contribution >= 0.6 is 0 Å². The third kappa shape index (κ3) is 4.28.